The van der Waals surface area contributed by atoms with Crippen molar-refractivity contribution in [2.75, 3.05) is 26.3 Å². The van der Waals surface area contributed by atoms with Gasteiger partial charge in [0.15, 0.2) is 8.32 Å². The summed E-state index contributed by atoms with van der Waals surface area (Å²) in [6.45, 7) is 14.3. The highest BCUT2D eigenvalue weighted by Gasteiger charge is 2.38. The molecule has 0 aromatic carbocycles. The first kappa shape index (κ1) is 14.2. The third-order valence-electron chi connectivity index (χ3n) is 4.18. The van der Waals surface area contributed by atoms with Gasteiger partial charge in [-0.1, -0.05) is 20.8 Å². The lowest BCUT2D eigenvalue weighted by molar-refractivity contribution is 0.0860. The summed E-state index contributed by atoms with van der Waals surface area (Å²) in [6.07, 6.45) is 0. The van der Waals surface area contributed by atoms with E-state index in [1.54, 1.807) is 0 Å². The predicted octanol–water partition coefficient (Wildman–Crippen LogP) is 1.84. The van der Waals surface area contributed by atoms with Crippen LogP contribution >= 0.6 is 0 Å². The summed E-state index contributed by atoms with van der Waals surface area (Å²) in [5, 5.41) is 12.9. The molecule has 16 heavy (non-hydrogen) atoms. The molecule has 1 rings (SSSR count). The molecule has 1 fully saturated rings. The van der Waals surface area contributed by atoms with Gasteiger partial charge in [0.2, 0.25) is 0 Å². The van der Waals surface area contributed by atoms with Crippen molar-refractivity contribution in [3.63, 3.8) is 0 Å². The van der Waals surface area contributed by atoms with Crippen molar-refractivity contribution in [3.8, 4) is 0 Å². The maximum absolute atomic E-state index is 9.37. The maximum Gasteiger partial charge on any atom is 0.191 e. The molecule has 0 amide bonds. The second kappa shape index (κ2) is 5.17. The molecule has 1 aliphatic heterocycles. The second-order valence-electron chi connectivity index (χ2n) is 6.43. The topological polar surface area (TPSA) is 41.5 Å². The van der Waals surface area contributed by atoms with Crippen LogP contribution in [0.1, 0.15) is 20.8 Å². The molecule has 4 heteroatoms. The molecule has 0 bridgehead atoms. The number of rotatable bonds is 5. The molecule has 1 heterocycles. The first-order chi connectivity index (χ1) is 7.28. The fraction of sp³-hybridized carbons (Fsp3) is 1.00. The van der Waals surface area contributed by atoms with Gasteiger partial charge in [-0.15, -0.1) is 0 Å². The van der Waals surface area contributed by atoms with E-state index in [4.69, 9.17) is 4.43 Å². The van der Waals surface area contributed by atoms with Crippen LogP contribution in [0.25, 0.3) is 0 Å². The molecule has 3 nitrogen and oxygen atoms in total. The van der Waals surface area contributed by atoms with E-state index in [1.165, 1.54) is 0 Å². The van der Waals surface area contributed by atoms with Gasteiger partial charge in [0.25, 0.3) is 0 Å². The van der Waals surface area contributed by atoms with E-state index in [9.17, 15) is 5.11 Å². The van der Waals surface area contributed by atoms with Crippen molar-refractivity contribution in [1.29, 1.82) is 0 Å². The predicted molar refractivity (Wildman–Crippen MR) is 70.1 cm³/mol. The van der Waals surface area contributed by atoms with Crippen LogP contribution < -0.4 is 5.32 Å². The first-order valence-corrected chi connectivity index (χ1v) is 9.14. The highest BCUT2D eigenvalue weighted by atomic mass is 28.4. The lowest BCUT2D eigenvalue weighted by atomic mass is 9.89. The fourth-order valence-electron chi connectivity index (χ4n) is 1.51. The molecule has 0 aromatic heterocycles. The third-order valence-corrected chi connectivity index (χ3v) is 8.68. The van der Waals surface area contributed by atoms with E-state index < -0.39 is 8.32 Å². The zero-order chi connectivity index (χ0) is 12.4. The first-order valence-electron chi connectivity index (χ1n) is 6.23. The molecule has 0 spiro atoms. The summed E-state index contributed by atoms with van der Waals surface area (Å²) in [5.41, 5.74) is 0. The zero-order valence-corrected chi connectivity index (χ0v) is 12.3. The normalized spacial score (nSPS) is 20.6. The van der Waals surface area contributed by atoms with Crippen LogP contribution in [-0.4, -0.2) is 39.7 Å². The van der Waals surface area contributed by atoms with Gasteiger partial charge in [0.1, 0.15) is 0 Å². The molecule has 2 N–H and O–H groups in total. The Morgan fingerprint density at radius 3 is 2.25 bits per heavy atom. The van der Waals surface area contributed by atoms with Crippen molar-refractivity contribution in [1.82, 2.24) is 5.32 Å². The summed E-state index contributed by atoms with van der Waals surface area (Å²) in [7, 11) is -1.65. The molecule has 1 unspecified atom stereocenters. The molecule has 0 radical (unpaired) electrons. The van der Waals surface area contributed by atoms with Crippen LogP contribution in [-0.2, 0) is 4.43 Å². The van der Waals surface area contributed by atoms with Gasteiger partial charge in [-0.2, -0.15) is 0 Å². The SMILES string of the molecule is CC(C)(C)[Si](C)(C)OCC(CO)C1CNC1. The summed E-state index contributed by atoms with van der Waals surface area (Å²) < 4.78 is 6.15. The Morgan fingerprint density at radius 1 is 1.38 bits per heavy atom. The summed E-state index contributed by atoms with van der Waals surface area (Å²) in [6, 6.07) is 0. The van der Waals surface area contributed by atoms with Gasteiger partial charge >= 0.3 is 0 Å². The second-order valence-corrected chi connectivity index (χ2v) is 11.2. The number of nitrogens with one attached hydrogen (secondary N) is 1. The average molecular weight is 245 g/mol. The largest absolute Gasteiger partial charge is 0.416 e. The summed E-state index contributed by atoms with van der Waals surface area (Å²) >= 11 is 0. The Morgan fingerprint density at radius 2 is 1.94 bits per heavy atom. The monoisotopic (exact) mass is 245 g/mol. The third kappa shape index (κ3) is 3.29. The minimum atomic E-state index is -1.65. The van der Waals surface area contributed by atoms with Crippen LogP contribution in [0.5, 0.6) is 0 Å². The van der Waals surface area contributed by atoms with Crippen LogP contribution in [0.4, 0.5) is 0 Å². The van der Waals surface area contributed by atoms with Crippen molar-refractivity contribution in [3.05, 3.63) is 0 Å². The van der Waals surface area contributed by atoms with E-state index >= 15 is 0 Å². The maximum atomic E-state index is 9.37. The molecular formula is C12H27NO2Si. The fourth-order valence-corrected chi connectivity index (χ4v) is 2.58. The van der Waals surface area contributed by atoms with E-state index in [0.29, 0.717) is 11.8 Å². The van der Waals surface area contributed by atoms with E-state index in [-0.39, 0.29) is 11.6 Å². The van der Waals surface area contributed by atoms with E-state index in [1.807, 2.05) is 0 Å². The van der Waals surface area contributed by atoms with Gasteiger partial charge in [-0.05, 0) is 37.1 Å². The molecule has 1 aliphatic rings. The van der Waals surface area contributed by atoms with Gasteiger partial charge in [0.05, 0.1) is 0 Å². The van der Waals surface area contributed by atoms with Crippen molar-refractivity contribution in [2.45, 2.75) is 38.9 Å². The molecule has 96 valence electrons. The number of aliphatic hydroxyl groups excluding tert-OH is 1. The number of hydrogen-bond donors (Lipinski definition) is 2. The highest BCUT2D eigenvalue weighted by Crippen LogP contribution is 2.37. The number of aliphatic hydroxyl groups is 1. The van der Waals surface area contributed by atoms with Crippen LogP contribution in [0.15, 0.2) is 0 Å². The van der Waals surface area contributed by atoms with E-state index in [0.717, 1.165) is 19.7 Å². The van der Waals surface area contributed by atoms with Gasteiger partial charge in [-0.3, -0.25) is 0 Å². The Labute approximate surface area is 101 Å². The molecular weight excluding hydrogens is 218 g/mol. The number of hydrogen-bond acceptors (Lipinski definition) is 3. The minimum absolute atomic E-state index is 0.251. The van der Waals surface area contributed by atoms with Crippen LogP contribution in [0.2, 0.25) is 18.1 Å². The lowest BCUT2D eigenvalue weighted by Gasteiger charge is -2.40. The molecule has 1 saturated heterocycles. The standard InChI is InChI=1S/C12H27NO2Si/c1-12(2,3)16(4,5)15-9-11(8-14)10-6-13-7-10/h10-11,13-14H,6-9H2,1-5H3. The molecule has 0 aliphatic carbocycles. The highest BCUT2D eigenvalue weighted by molar-refractivity contribution is 6.74. The quantitative estimate of drug-likeness (QED) is 0.726. The Hall–Kier alpha value is 0.0969. The molecule has 0 saturated carbocycles. The minimum Gasteiger partial charge on any atom is -0.416 e. The molecule has 0 aromatic rings. The average Bonchev–Trinajstić information content (AvgIpc) is 2.06. The summed E-state index contributed by atoms with van der Waals surface area (Å²) in [4.78, 5) is 0. The van der Waals surface area contributed by atoms with Crippen molar-refractivity contribution < 1.29 is 9.53 Å². The zero-order valence-electron chi connectivity index (χ0n) is 11.3. The Bertz CT molecular complexity index is 222. The Kier molecular flexibility index (Phi) is 4.57. The lowest BCUT2D eigenvalue weighted by Crippen LogP contribution is -2.50. The Balaban J connectivity index is 2.42. The smallest absolute Gasteiger partial charge is 0.191 e. The molecule has 1 atom stereocenters. The van der Waals surface area contributed by atoms with Crippen LogP contribution in [0, 0.1) is 11.8 Å². The van der Waals surface area contributed by atoms with Gasteiger partial charge < -0.3 is 14.8 Å². The summed E-state index contributed by atoms with van der Waals surface area (Å²) in [5.74, 6) is 0.921. The van der Waals surface area contributed by atoms with Crippen molar-refractivity contribution in [2.24, 2.45) is 11.8 Å². The van der Waals surface area contributed by atoms with Gasteiger partial charge in [0, 0.05) is 19.1 Å². The van der Waals surface area contributed by atoms with E-state index in [2.05, 4.69) is 39.2 Å². The van der Waals surface area contributed by atoms with Crippen LogP contribution in [0.3, 0.4) is 0 Å². The van der Waals surface area contributed by atoms with Gasteiger partial charge in [-0.25, -0.2) is 0 Å². The van der Waals surface area contributed by atoms with Crippen molar-refractivity contribution >= 4 is 8.32 Å².